The Morgan fingerprint density at radius 1 is 1.69 bits per heavy atom. The molecule has 1 aliphatic heterocycles. The van der Waals surface area contributed by atoms with Crippen LogP contribution in [-0.4, -0.2) is 29.0 Å². The molecule has 1 unspecified atom stereocenters. The largest absolute Gasteiger partial charge is 0.330 e. The first kappa shape index (κ1) is 11.8. The summed E-state index contributed by atoms with van der Waals surface area (Å²) in [5, 5.41) is 0.266. The number of nitrogens with zero attached hydrogens (tertiary/aromatic N) is 3. The number of anilines is 1. The lowest BCUT2D eigenvalue weighted by Gasteiger charge is -2.16. The van der Waals surface area contributed by atoms with Crippen molar-refractivity contribution < 1.29 is 4.79 Å². The molecule has 7 heteroatoms. The van der Waals surface area contributed by atoms with Gasteiger partial charge in [0.2, 0.25) is 5.91 Å². The van der Waals surface area contributed by atoms with E-state index in [2.05, 4.69) is 25.9 Å². The molecule has 16 heavy (non-hydrogen) atoms. The molecule has 86 valence electrons. The van der Waals surface area contributed by atoms with Crippen molar-refractivity contribution >= 4 is 39.3 Å². The third kappa shape index (κ3) is 2.18. The highest BCUT2D eigenvalue weighted by atomic mass is 79.9. The zero-order valence-electron chi connectivity index (χ0n) is 8.36. The van der Waals surface area contributed by atoms with Gasteiger partial charge in [-0.3, -0.25) is 9.69 Å². The zero-order valence-corrected chi connectivity index (χ0v) is 10.7. The standard InChI is InChI=1S/C9H10BrClN4O/c10-8-9(14-6(11)3-13-8)15-4-5(2-12)1-7(15)16/h3,5H,1-2,4,12H2. The van der Waals surface area contributed by atoms with Crippen LogP contribution in [0.1, 0.15) is 6.42 Å². The Hall–Kier alpha value is -0.720. The van der Waals surface area contributed by atoms with Gasteiger partial charge in [0.05, 0.1) is 6.20 Å². The van der Waals surface area contributed by atoms with Crippen LogP contribution in [0.25, 0.3) is 0 Å². The number of nitrogens with two attached hydrogens (primary N) is 1. The number of rotatable bonds is 2. The fourth-order valence-corrected chi connectivity index (χ4v) is 2.19. The Labute approximate surface area is 106 Å². The highest BCUT2D eigenvalue weighted by Crippen LogP contribution is 2.28. The van der Waals surface area contributed by atoms with Gasteiger partial charge in [-0.2, -0.15) is 0 Å². The second-order valence-corrected chi connectivity index (χ2v) is 4.76. The van der Waals surface area contributed by atoms with Crippen molar-refractivity contribution in [1.29, 1.82) is 0 Å². The number of halogens is 2. The minimum absolute atomic E-state index is 0.00715. The smallest absolute Gasteiger partial charge is 0.228 e. The van der Waals surface area contributed by atoms with Gasteiger partial charge in [-0.1, -0.05) is 11.6 Å². The van der Waals surface area contributed by atoms with Gasteiger partial charge in [0.1, 0.15) is 9.76 Å². The SMILES string of the molecule is NCC1CC(=O)N(c2nc(Cl)cnc2Br)C1. The predicted molar refractivity (Wildman–Crippen MR) is 64.3 cm³/mol. The molecule has 0 spiro atoms. The number of hydrogen-bond donors (Lipinski definition) is 1. The second-order valence-electron chi connectivity index (χ2n) is 3.62. The van der Waals surface area contributed by atoms with Crippen LogP contribution in [-0.2, 0) is 4.79 Å². The van der Waals surface area contributed by atoms with Crippen LogP contribution < -0.4 is 10.6 Å². The number of carbonyl (C=O) groups excluding carboxylic acids is 1. The summed E-state index contributed by atoms with van der Waals surface area (Å²) < 4.78 is 0.517. The molecule has 1 fully saturated rings. The average Bonchev–Trinajstić information content (AvgIpc) is 2.63. The second kappa shape index (κ2) is 4.65. The zero-order chi connectivity index (χ0) is 11.7. The van der Waals surface area contributed by atoms with Crippen LogP contribution in [0.2, 0.25) is 5.15 Å². The maximum atomic E-state index is 11.7. The molecule has 1 aromatic heterocycles. The van der Waals surface area contributed by atoms with Gasteiger partial charge in [0.25, 0.3) is 0 Å². The van der Waals surface area contributed by atoms with E-state index < -0.39 is 0 Å². The van der Waals surface area contributed by atoms with E-state index >= 15 is 0 Å². The van der Waals surface area contributed by atoms with E-state index in [1.807, 2.05) is 0 Å². The summed E-state index contributed by atoms with van der Waals surface area (Å²) in [4.78, 5) is 21.4. The van der Waals surface area contributed by atoms with E-state index in [-0.39, 0.29) is 17.0 Å². The van der Waals surface area contributed by atoms with Crippen molar-refractivity contribution in [2.45, 2.75) is 6.42 Å². The van der Waals surface area contributed by atoms with Gasteiger partial charge in [0, 0.05) is 13.0 Å². The normalized spacial score (nSPS) is 20.6. The lowest BCUT2D eigenvalue weighted by Crippen LogP contribution is -2.27. The van der Waals surface area contributed by atoms with E-state index in [0.29, 0.717) is 29.9 Å². The molecule has 5 nitrogen and oxygen atoms in total. The van der Waals surface area contributed by atoms with Crippen molar-refractivity contribution in [1.82, 2.24) is 9.97 Å². The van der Waals surface area contributed by atoms with Crippen molar-refractivity contribution in [2.24, 2.45) is 11.7 Å². The first-order valence-electron chi connectivity index (χ1n) is 4.80. The number of aromatic nitrogens is 2. The van der Waals surface area contributed by atoms with Crippen LogP contribution in [0.5, 0.6) is 0 Å². The summed E-state index contributed by atoms with van der Waals surface area (Å²) in [6, 6.07) is 0. The quantitative estimate of drug-likeness (QED) is 0.891. The minimum atomic E-state index is 0.00715. The van der Waals surface area contributed by atoms with Gasteiger partial charge in [0.15, 0.2) is 5.82 Å². The van der Waals surface area contributed by atoms with Crippen molar-refractivity contribution in [3.8, 4) is 0 Å². The lowest BCUT2D eigenvalue weighted by atomic mass is 10.1. The summed E-state index contributed by atoms with van der Waals surface area (Å²) in [5.41, 5.74) is 5.55. The van der Waals surface area contributed by atoms with Crippen molar-refractivity contribution in [3.05, 3.63) is 16.0 Å². The highest BCUT2D eigenvalue weighted by Gasteiger charge is 2.32. The average molecular weight is 306 g/mol. The summed E-state index contributed by atoms with van der Waals surface area (Å²) in [5.74, 6) is 0.654. The molecular formula is C9H10BrClN4O. The molecule has 0 bridgehead atoms. The summed E-state index contributed by atoms with van der Waals surface area (Å²) in [6.07, 6.45) is 1.88. The summed E-state index contributed by atoms with van der Waals surface area (Å²) in [7, 11) is 0. The van der Waals surface area contributed by atoms with E-state index in [9.17, 15) is 4.79 Å². The first-order valence-corrected chi connectivity index (χ1v) is 5.97. The maximum absolute atomic E-state index is 11.7. The van der Waals surface area contributed by atoms with Gasteiger partial charge >= 0.3 is 0 Å². The molecule has 1 amide bonds. The topological polar surface area (TPSA) is 72.1 Å². The third-order valence-electron chi connectivity index (χ3n) is 2.48. The number of carbonyl (C=O) groups is 1. The molecule has 0 radical (unpaired) electrons. The van der Waals surface area contributed by atoms with Gasteiger partial charge in [-0.25, -0.2) is 9.97 Å². The minimum Gasteiger partial charge on any atom is -0.330 e. The molecule has 0 aliphatic carbocycles. The van der Waals surface area contributed by atoms with E-state index in [1.165, 1.54) is 6.20 Å². The Morgan fingerprint density at radius 2 is 2.44 bits per heavy atom. The van der Waals surface area contributed by atoms with Crippen LogP contribution in [0.15, 0.2) is 10.8 Å². The Morgan fingerprint density at radius 3 is 3.06 bits per heavy atom. The monoisotopic (exact) mass is 304 g/mol. The Kier molecular flexibility index (Phi) is 3.41. The molecule has 1 aromatic rings. The maximum Gasteiger partial charge on any atom is 0.228 e. The third-order valence-corrected chi connectivity index (χ3v) is 3.22. The van der Waals surface area contributed by atoms with Crippen LogP contribution in [0, 0.1) is 5.92 Å². The van der Waals surface area contributed by atoms with Crippen LogP contribution in [0.3, 0.4) is 0 Å². The van der Waals surface area contributed by atoms with Crippen molar-refractivity contribution in [3.63, 3.8) is 0 Å². The number of amides is 1. The Bertz CT molecular complexity index is 428. The molecule has 1 saturated heterocycles. The first-order chi connectivity index (χ1) is 7.61. The van der Waals surface area contributed by atoms with Gasteiger partial charge in [-0.05, 0) is 28.4 Å². The molecule has 0 saturated carbocycles. The van der Waals surface area contributed by atoms with Gasteiger partial charge in [-0.15, -0.1) is 0 Å². The molecule has 1 aliphatic rings. The fraction of sp³-hybridized carbons (Fsp3) is 0.444. The van der Waals surface area contributed by atoms with Gasteiger partial charge < -0.3 is 5.73 Å². The number of hydrogen-bond acceptors (Lipinski definition) is 4. The summed E-state index contributed by atoms with van der Waals surface area (Å²) >= 11 is 9.01. The summed E-state index contributed by atoms with van der Waals surface area (Å²) in [6.45, 7) is 1.07. The van der Waals surface area contributed by atoms with E-state index in [1.54, 1.807) is 4.90 Å². The molecule has 2 N–H and O–H groups in total. The van der Waals surface area contributed by atoms with E-state index in [0.717, 1.165) is 0 Å². The highest BCUT2D eigenvalue weighted by molar-refractivity contribution is 9.10. The van der Waals surface area contributed by atoms with Crippen LogP contribution >= 0.6 is 27.5 Å². The fourth-order valence-electron chi connectivity index (χ4n) is 1.66. The lowest BCUT2D eigenvalue weighted by molar-refractivity contribution is -0.117. The van der Waals surface area contributed by atoms with Crippen molar-refractivity contribution in [2.75, 3.05) is 18.0 Å². The van der Waals surface area contributed by atoms with Crippen LogP contribution in [0.4, 0.5) is 5.82 Å². The molecule has 2 heterocycles. The predicted octanol–water partition coefficient (Wildman–Crippen LogP) is 1.20. The Balaban J connectivity index is 2.30. The molecule has 0 aromatic carbocycles. The molecular weight excluding hydrogens is 295 g/mol. The molecule has 2 rings (SSSR count). The molecule has 1 atom stereocenters. The van der Waals surface area contributed by atoms with E-state index in [4.69, 9.17) is 17.3 Å².